The van der Waals surface area contributed by atoms with Crippen LogP contribution in [0.4, 0.5) is 5.69 Å². The highest BCUT2D eigenvalue weighted by molar-refractivity contribution is 6.33. The molecule has 1 atom stereocenters. The summed E-state index contributed by atoms with van der Waals surface area (Å²) in [5.41, 5.74) is 2.74. The van der Waals surface area contributed by atoms with Gasteiger partial charge in [-0.25, -0.2) is 0 Å². The van der Waals surface area contributed by atoms with Crippen LogP contribution in [-0.4, -0.2) is 19.1 Å². The summed E-state index contributed by atoms with van der Waals surface area (Å²) < 4.78 is 5.36. The third kappa shape index (κ3) is 2.60. The fraction of sp³-hybridized carbons (Fsp3) is 0.500. The van der Waals surface area contributed by atoms with Crippen molar-refractivity contribution >= 4 is 34.8 Å². The van der Waals surface area contributed by atoms with Gasteiger partial charge in [-0.15, -0.1) is 11.6 Å². The fourth-order valence-corrected chi connectivity index (χ4v) is 3.51. The van der Waals surface area contributed by atoms with Crippen molar-refractivity contribution in [3.8, 4) is 0 Å². The molecule has 102 valence electrons. The molecule has 0 aromatic heterocycles. The Hall–Kier alpha value is -0.770. The molecule has 0 spiro atoms. The number of rotatable bonds is 2. The van der Waals surface area contributed by atoms with Crippen LogP contribution in [0.1, 0.15) is 29.3 Å². The Morgan fingerprint density at radius 3 is 2.79 bits per heavy atom. The number of benzene rings is 1. The topological polar surface area (TPSA) is 38.3 Å². The Kier molecular flexibility index (Phi) is 3.70. The van der Waals surface area contributed by atoms with Gasteiger partial charge in [0.15, 0.2) is 0 Å². The van der Waals surface area contributed by atoms with Crippen LogP contribution in [0.25, 0.3) is 0 Å². The number of hydrogen-bond acceptors (Lipinski definition) is 2. The highest BCUT2D eigenvalue weighted by atomic mass is 35.5. The minimum absolute atomic E-state index is 0.0143. The number of carbonyl (C=O) groups excluding carboxylic acids is 1. The van der Waals surface area contributed by atoms with Gasteiger partial charge in [0.25, 0.3) is 0 Å². The molecule has 1 unspecified atom stereocenters. The Morgan fingerprint density at radius 1 is 1.32 bits per heavy atom. The van der Waals surface area contributed by atoms with Gasteiger partial charge in [0, 0.05) is 23.9 Å². The summed E-state index contributed by atoms with van der Waals surface area (Å²) in [6.07, 6.45) is 2.33. The number of carbonyl (C=O) groups is 1. The molecular formula is C14H15Cl2NO2. The van der Waals surface area contributed by atoms with Crippen molar-refractivity contribution in [2.24, 2.45) is 5.92 Å². The summed E-state index contributed by atoms with van der Waals surface area (Å²) >= 11 is 12.9. The molecule has 1 aromatic rings. The van der Waals surface area contributed by atoms with Crippen molar-refractivity contribution in [3.63, 3.8) is 0 Å². The third-order valence-electron chi connectivity index (χ3n) is 3.82. The van der Waals surface area contributed by atoms with E-state index in [9.17, 15) is 4.79 Å². The number of nitrogens with one attached hydrogen (secondary N) is 1. The molecule has 2 aliphatic heterocycles. The van der Waals surface area contributed by atoms with E-state index in [-0.39, 0.29) is 11.3 Å². The van der Waals surface area contributed by atoms with Crippen molar-refractivity contribution < 1.29 is 9.53 Å². The SMILES string of the molecule is O=C1Cc2cc(C(Cl)C3CCOCC3)c(Cl)cc2N1. The van der Waals surface area contributed by atoms with Crippen LogP contribution in [0.2, 0.25) is 5.02 Å². The molecule has 3 rings (SSSR count). The van der Waals surface area contributed by atoms with Crippen LogP contribution >= 0.6 is 23.2 Å². The maximum absolute atomic E-state index is 11.4. The van der Waals surface area contributed by atoms with Gasteiger partial charge in [-0.1, -0.05) is 17.7 Å². The minimum Gasteiger partial charge on any atom is -0.381 e. The molecule has 1 saturated heterocycles. The number of anilines is 1. The summed E-state index contributed by atoms with van der Waals surface area (Å²) in [6, 6.07) is 3.79. The number of amides is 1. The summed E-state index contributed by atoms with van der Waals surface area (Å²) in [7, 11) is 0. The zero-order valence-corrected chi connectivity index (χ0v) is 11.9. The number of hydrogen-bond donors (Lipinski definition) is 1. The number of halogens is 2. The van der Waals surface area contributed by atoms with E-state index in [1.807, 2.05) is 12.1 Å². The van der Waals surface area contributed by atoms with Crippen LogP contribution in [0.15, 0.2) is 12.1 Å². The Bertz CT molecular complexity index is 512. The Morgan fingerprint density at radius 2 is 2.05 bits per heavy atom. The summed E-state index contributed by atoms with van der Waals surface area (Å²) in [4.78, 5) is 11.4. The van der Waals surface area contributed by atoms with Crippen molar-refractivity contribution in [1.82, 2.24) is 0 Å². The fourth-order valence-electron chi connectivity index (χ4n) is 2.74. The summed E-state index contributed by atoms with van der Waals surface area (Å²) in [5.74, 6) is 0.399. The molecule has 1 amide bonds. The number of ether oxygens (including phenoxy) is 1. The Balaban J connectivity index is 1.88. The molecule has 3 nitrogen and oxygen atoms in total. The molecular weight excluding hydrogens is 285 g/mol. The van der Waals surface area contributed by atoms with Gasteiger partial charge in [-0.05, 0) is 36.0 Å². The average molecular weight is 300 g/mol. The zero-order chi connectivity index (χ0) is 13.4. The second-order valence-electron chi connectivity index (χ2n) is 5.11. The van der Waals surface area contributed by atoms with E-state index in [0.717, 1.165) is 42.9 Å². The molecule has 1 N–H and O–H groups in total. The lowest BCUT2D eigenvalue weighted by Gasteiger charge is -2.27. The average Bonchev–Trinajstić information content (AvgIpc) is 2.77. The van der Waals surface area contributed by atoms with Crippen LogP contribution in [-0.2, 0) is 16.0 Å². The first kappa shape index (κ1) is 13.2. The number of fused-ring (bicyclic) bond motifs is 1. The van der Waals surface area contributed by atoms with E-state index in [1.165, 1.54) is 0 Å². The van der Waals surface area contributed by atoms with Crippen LogP contribution < -0.4 is 5.32 Å². The smallest absolute Gasteiger partial charge is 0.228 e. The van der Waals surface area contributed by atoms with Gasteiger partial charge in [-0.3, -0.25) is 4.79 Å². The lowest BCUT2D eigenvalue weighted by molar-refractivity contribution is -0.115. The molecule has 2 aliphatic rings. The van der Waals surface area contributed by atoms with Gasteiger partial charge in [-0.2, -0.15) is 0 Å². The van der Waals surface area contributed by atoms with Crippen LogP contribution in [0, 0.1) is 5.92 Å². The van der Waals surface area contributed by atoms with Gasteiger partial charge in [0.2, 0.25) is 5.91 Å². The molecule has 5 heteroatoms. The molecule has 0 saturated carbocycles. The van der Waals surface area contributed by atoms with E-state index in [2.05, 4.69) is 5.32 Å². The maximum atomic E-state index is 11.4. The molecule has 2 heterocycles. The van der Waals surface area contributed by atoms with E-state index >= 15 is 0 Å². The maximum Gasteiger partial charge on any atom is 0.228 e. The third-order valence-corrected chi connectivity index (χ3v) is 4.74. The van der Waals surface area contributed by atoms with Crippen molar-refractivity contribution in [2.75, 3.05) is 18.5 Å². The quantitative estimate of drug-likeness (QED) is 0.848. The van der Waals surface area contributed by atoms with Gasteiger partial charge in [0.05, 0.1) is 11.8 Å². The molecule has 1 aromatic carbocycles. The first-order chi connectivity index (χ1) is 9.15. The summed E-state index contributed by atoms with van der Waals surface area (Å²) in [6.45, 7) is 1.52. The van der Waals surface area contributed by atoms with Crippen molar-refractivity contribution in [2.45, 2.75) is 24.6 Å². The van der Waals surface area contributed by atoms with Crippen LogP contribution in [0.3, 0.4) is 0 Å². The molecule has 19 heavy (non-hydrogen) atoms. The minimum atomic E-state index is -0.114. The second kappa shape index (κ2) is 5.31. The standard InChI is InChI=1S/C14H15Cl2NO2/c15-11-7-12-9(6-13(18)17-12)5-10(11)14(16)8-1-3-19-4-2-8/h5,7-8,14H,1-4,6H2,(H,17,18). The predicted octanol–water partition coefficient (Wildman–Crippen LogP) is 3.54. The molecule has 0 bridgehead atoms. The van der Waals surface area contributed by atoms with Gasteiger partial charge >= 0.3 is 0 Å². The van der Waals surface area contributed by atoms with E-state index in [4.69, 9.17) is 27.9 Å². The predicted molar refractivity (Wildman–Crippen MR) is 75.9 cm³/mol. The second-order valence-corrected chi connectivity index (χ2v) is 5.98. The Labute approximate surface area is 122 Å². The first-order valence-corrected chi connectivity index (χ1v) is 7.30. The molecule has 1 fully saturated rings. The highest BCUT2D eigenvalue weighted by Crippen LogP contribution is 2.41. The monoisotopic (exact) mass is 299 g/mol. The summed E-state index contributed by atoms with van der Waals surface area (Å²) in [5, 5.41) is 3.32. The van der Waals surface area contributed by atoms with Gasteiger partial charge < -0.3 is 10.1 Å². The zero-order valence-electron chi connectivity index (χ0n) is 10.4. The van der Waals surface area contributed by atoms with Crippen molar-refractivity contribution in [3.05, 3.63) is 28.3 Å². The largest absolute Gasteiger partial charge is 0.381 e. The van der Waals surface area contributed by atoms with E-state index in [0.29, 0.717) is 17.4 Å². The lowest BCUT2D eigenvalue weighted by atomic mass is 9.91. The molecule has 0 aliphatic carbocycles. The van der Waals surface area contributed by atoms with Crippen LogP contribution in [0.5, 0.6) is 0 Å². The highest BCUT2D eigenvalue weighted by Gasteiger charge is 2.27. The molecule has 0 radical (unpaired) electrons. The first-order valence-electron chi connectivity index (χ1n) is 6.49. The van der Waals surface area contributed by atoms with E-state index in [1.54, 1.807) is 0 Å². The number of alkyl halides is 1. The van der Waals surface area contributed by atoms with Gasteiger partial charge in [0.1, 0.15) is 0 Å². The normalized spacial score (nSPS) is 21.1. The van der Waals surface area contributed by atoms with E-state index < -0.39 is 0 Å². The lowest BCUT2D eigenvalue weighted by Crippen LogP contribution is -2.19. The van der Waals surface area contributed by atoms with Crippen molar-refractivity contribution in [1.29, 1.82) is 0 Å².